The van der Waals surface area contributed by atoms with Gasteiger partial charge in [-0.2, -0.15) is 5.10 Å². The van der Waals surface area contributed by atoms with Crippen LogP contribution in [0.3, 0.4) is 0 Å². The number of likely N-dealkylation sites (N-methyl/N-ethyl adjacent to an activating group) is 1. The maximum absolute atomic E-state index is 13.4. The summed E-state index contributed by atoms with van der Waals surface area (Å²) in [6, 6.07) is 7.42. The first kappa shape index (κ1) is 25.5. The molecule has 2 aromatic heterocycles. The molecule has 1 amide bonds. The molecule has 0 atom stereocenters. The number of anilines is 1. The first-order chi connectivity index (χ1) is 16.3. The van der Waals surface area contributed by atoms with E-state index in [0.717, 1.165) is 36.4 Å². The average molecular weight is 468 g/mol. The van der Waals surface area contributed by atoms with Crippen molar-refractivity contribution in [1.29, 1.82) is 0 Å². The van der Waals surface area contributed by atoms with Crippen molar-refractivity contribution in [1.82, 2.24) is 19.7 Å². The molecular formula is C26H37N5O3. The SMILES string of the molecule is CCN(CC)CCOc1cc(NC(=O)c2cc(C(C)C)nc3c2cnn3C(C)C)ccc1OC. The maximum atomic E-state index is 13.4. The number of carbonyl (C=O) groups excluding carboxylic acids is 1. The van der Waals surface area contributed by atoms with Crippen LogP contribution < -0.4 is 14.8 Å². The summed E-state index contributed by atoms with van der Waals surface area (Å²) in [6.45, 7) is 15.8. The van der Waals surface area contributed by atoms with Gasteiger partial charge in [-0.1, -0.05) is 27.7 Å². The van der Waals surface area contributed by atoms with E-state index in [2.05, 4.69) is 56.9 Å². The van der Waals surface area contributed by atoms with Crippen LogP contribution in [0, 0.1) is 0 Å². The van der Waals surface area contributed by atoms with E-state index in [0.29, 0.717) is 29.4 Å². The Morgan fingerprint density at radius 1 is 1.12 bits per heavy atom. The average Bonchev–Trinajstić information content (AvgIpc) is 3.25. The summed E-state index contributed by atoms with van der Waals surface area (Å²) in [6.07, 6.45) is 1.72. The largest absolute Gasteiger partial charge is 0.493 e. The van der Waals surface area contributed by atoms with E-state index in [1.807, 2.05) is 16.8 Å². The predicted octanol–water partition coefficient (Wildman–Crippen LogP) is 5.12. The molecule has 0 aliphatic rings. The minimum Gasteiger partial charge on any atom is -0.493 e. The number of ether oxygens (including phenoxy) is 2. The number of amides is 1. The van der Waals surface area contributed by atoms with E-state index in [4.69, 9.17) is 14.5 Å². The van der Waals surface area contributed by atoms with E-state index in [1.165, 1.54) is 0 Å². The van der Waals surface area contributed by atoms with Gasteiger partial charge in [0.15, 0.2) is 17.1 Å². The highest BCUT2D eigenvalue weighted by molar-refractivity contribution is 6.12. The zero-order valence-corrected chi connectivity index (χ0v) is 21.4. The summed E-state index contributed by atoms with van der Waals surface area (Å²) in [5, 5.41) is 8.23. The van der Waals surface area contributed by atoms with Gasteiger partial charge in [0, 0.05) is 30.0 Å². The Bertz CT molecular complexity index is 1120. The fourth-order valence-corrected chi connectivity index (χ4v) is 3.79. The van der Waals surface area contributed by atoms with Gasteiger partial charge in [0.1, 0.15) is 6.61 Å². The van der Waals surface area contributed by atoms with Crippen molar-refractivity contribution in [2.45, 2.75) is 53.5 Å². The minimum atomic E-state index is -0.211. The minimum absolute atomic E-state index is 0.140. The van der Waals surface area contributed by atoms with E-state index >= 15 is 0 Å². The quantitative estimate of drug-likeness (QED) is 0.422. The predicted molar refractivity (Wildman–Crippen MR) is 136 cm³/mol. The highest BCUT2D eigenvalue weighted by Crippen LogP contribution is 2.31. The van der Waals surface area contributed by atoms with Crippen molar-refractivity contribution >= 4 is 22.6 Å². The van der Waals surface area contributed by atoms with Gasteiger partial charge in [-0.3, -0.25) is 4.79 Å². The van der Waals surface area contributed by atoms with Gasteiger partial charge in [0.25, 0.3) is 5.91 Å². The molecule has 1 aromatic carbocycles. The Hall–Kier alpha value is -3.13. The summed E-state index contributed by atoms with van der Waals surface area (Å²) >= 11 is 0. The second kappa shape index (κ2) is 11.3. The topological polar surface area (TPSA) is 81.5 Å². The van der Waals surface area contributed by atoms with E-state index in [-0.39, 0.29) is 17.9 Å². The van der Waals surface area contributed by atoms with Crippen LogP contribution >= 0.6 is 0 Å². The van der Waals surface area contributed by atoms with Crippen molar-refractivity contribution in [3.05, 3.63) is 41.7 Å². The molecule has 0 radical (unpaired) electrons. The Labute approximate surface area is 202 Å². The summed E-state index contributed by atoms with van der Waals surface area (Å²) in [7, 11) is 1.61. The molecule has 34 heavy (non-hydrogen) atoms. The number of pyridine rings is 1. The first-order valence-electron chi connectivity index (χ1n) is 12.0. The normalized spacial score (nSPS) is 11.6. The second-order valence-corrected chi connectivity index (χ2v) is 8.86. The molecule has 0 unspecified atom stereocenters. The van der Waals surface area contributed by atoms with Gasteiger partial charge in [-0.05, 0) is 51.1 Å². The molecule has 0 saturated carbocycles. The molecule has 1 N–H and O–H groups in total. The molecule has 0 aliphatic carbocycles. The molecule has 8 heteroatoms. The molecule has 184 valence electrons. The van der Waals surface area contributed by atoms with Crippen LogP contribution in [0.5, 0.6) is 11.5 Å². The number of nitrogens with one attached hydrogen (secondary N) is 1. The van der Waals surface area contributed by atoms with Crippen molar-refractivity contribution in [2.24, 2.45) is 0 Å². The molecule has 0 saturated heterocycles. The molecule has 0 bridgehead atoms. The molecule has 8 nitrogen and oxygen atoms in total. The van der Waals surface area contributed by atoms with Crippen molar-refractivity contribution < 1.29 is 14.3 Å². The van der Waals surface area contributed by atoms with Crippen LogP contribution in [0.15, 0.2) is 30.5 Å². The monoisotopic (exact) mass is 467 g/mol. The summed E-state index contributed by atoms with van der Waals surface area (Å²) < 4.78 is 13.3. The highest BCUT2D eigenvalue weighted by atomic mass is 16.5. The third-order valence-corrected chi connectivity index (χ3v) is 5.89. The maximum Gasteiger partial charge on any atom is 0.256 e. The third-order valence-electron chi connectivity index (χ3n) is 5.89. The molecule has 0 aliphatic heterocycles. The van der Waals surface area contributed by atoms with Crippen molar-refractivity contribution in [3.63, 3.8) is 0 Å². The lowest BCUT2D eigenvalue weighted by Gasteiger charge is -2.19. The number of fused-ring (bicyclic) bond motifs is 1. The summed E-state index contributed by atoms with van der Waals surface area (Å²) in [4.78, 5) is 20.4. The number of methoxy groups -OCH3 is 1. The molecule has 3 aromatic rings. The number of hydrogen-bond acceptors (Lipinski definition) is 6. The lowest BCUT2D eigenvalue weighted by atomic mass is 10.0. The number of carbonyl (C=O) groups is 1. The molecular weight excluding hydrogens is 430 g/mol. The number of aromatic nitrogens is 3. The zero-order valence-electron chi connectivity index (χ0n) is 21.4. The van der Waals surface area contributed by atoms with E-state index in [9.17, 15) is 4.79 Å². The van der Waals surface area contributed by atoms with Crippen LogP contribution in [-0.2, 0) is 0 Å². The number of benzene rings is 1. The van der Waals surface area contributed by atoms with Crippen molar-refractivity contribution in [3.8, 4) is 11.5 Å². The van der Waals surface area contributed by atoms with Gasteiger partial charge < -0.3 is 19.7 Å². The van der Waals surface area contributed by atoms with Gasteiger partial charge >= 0.3 is 0 Å². The molecule has 3 rings (SSSR count). The van der Waals surface area contributed by atoms with E-state index < -0.39 is 0 Å². The molecule has 0 fully saturated rings. The fraction of sp³-hybridized carbons (Fsp3) is 0.500. The lowest BCUT2D eigenvalue weighted by Crippen LogP contribution is -2.28. The Kier molecular flexibility index (Phi) is 8.50. The Morgan fingerprint density at radius 3 is 2.47 bits per heavy atom. The number of rotatable bonds is 11. The van der Waals surface area contributed by atoms with Crippen LogP contribution in [0.4, 0.5) is 5.69 Å². The van der Waals surface area contributed by atoms with Gasteiger partial charge in [0.05, 0.1) is 24.3 Å². The highest BCUT2D eigenvalue weighted by Gasteiger charge is 2.19. The summed E-state index contributed by atoms with van der Waals surface area (Å²) in [5.74, 6) is 1.20. The number of hydrogen-bond donors (Lipinski definition) is 1. The smallest absolute Gasteiger partial charge is 0.256 e. The van der Waals surface area contributed by atoms with Crippen LogP contribution in [-0.4, -0.2) is 58.9 Å². The van der Waals surface area contributed by atoms with Crippen LogP contribution in [0.25, 0.3) is 11.0 Å². The van der Waals surface area contributed by atoms with Crippen molar-refractivity contribution in [2.75, 3.05) is 38.7 Å². The fourth-order valence-electron chi connectivity index (χ4n) is 3.79. The standard InChI is InChI=1S/C26H37N5O3/c1-8-30(9-2)12-13-34-24-14-19(10-11-23(24)33-7)28-26(32)20-15-22(17(3)4)29-25-21(20)16-27-31(25)18(5)6/h10-11,14-18H,8-9,12-13H2,1-7H3,(H,28,32). The second-order valence-electron chi connectivity index (χ2n) is 8.86. The van der Waals surface area contributed by atoms with Crippen LogP contribution in [0.2, 0.25) is 0 Å². The summed E-state index contributed by atoms with van der Waals surface area (Å²) in [5.41, 5.74) is 2.77. The van der Waals surface area contributed by atoms with Crippen LogP contribution in [0.1, 0.15) is 69.6 Å². The zero-order chi connectivity index (χ0) is 24.8. The first-order valence-corrected chi connectivity index (χ1v) is 12.0. The Morgan fingerprint density at radius 2 is 1.85 bits per heavy atom. The van der Waals surface area contributed by atoms with Gasteiger partial charge in [0.2, 0.25) is 0 Å². The van der Waals surface area contributed by atoms with Gasteiger partial charge in [-0.25, -0.2) is 9.67 Å². The molecule has 2 heterocycles. The number of nitrogens with zero attached hydrogens (tertiary/aromatic N) is 4. The van der Waals surface area contributed by atoms with Gasteiger partial charge in [-0.15, -0.1) is 0 Å². The van der Waals surface area contributed by atoms with E-state index in [1.54, 1.807) is 25.4 Å². The third kappa shape index (κ3) is 5.67. The Balaban J connectivity index is 1.88. The molecule has 0 spiro atoms. The lowest BCUT2D eigenvalue weighted by molar-refractivity contribution is 0.102.